The third-order valence-electron chi connectivity index (χ3n) is 3.54. The van der Waals surface area contributed by atoms with Crippen molar-refractivity contribution in [2.75, 3.05) is 0 Å². The van der Waals surface area contributed by atoms with Gasteiger partial charge < -0.3 is 21.7 Å². The SMILES string of the molecule is Cc1ccccc1C(CC(=O)NC(C)C(=O)NC(C)(C)C)NC(N)=O. The van der Waals surface area contributed by atoms with Gasteiger partial charge in [0.15, 0.2) is 0 Å². The van der Waals surface area contributed by atoms with Gasteiger partial charge in [-0.1, -0.05) is 24.3 Å². The largest absolute Gasteiger partial charge is 0.352 e. The zero-order valence-corrected chi connectivity index (χ0v) is 15.5. The summed E-state index contributed by atoms with van der Waals surface area (Å²) in [5.74, 6) is -0.616. The van der Waals surface area contributed by atoms with E-state index in [9.17, 15) is 14.4 Å². The van der Waals surface area contributed by atoms with Crippen LogP contribution in [0.25, 0.3) is 0 Å². The topological polar surface area (TPSA) is 113 Å². The van der Waals surface area contributed by atoms with Crippen molar-refractivity contribution in [1.29, 1.82) is 0 Å². The van der Waals surface area contributed by atoms with Gasteiger partial charge in [0.25, 0.3) is 0 Å². The monoisotopic (exact) mass is 348 g/mol. The number of carbonyl (C=O) groups is 3. The van der Waals surface area contributed by atoms with Crippen molar-refractivity contribution in [3.63, 3.8) is 0 Å². The highest BCUT2D eigenvalue weighted by molar-refractivity contribution is 5.88. The molecule has 1 rings (SSSR count). The fraction of sp³-hybridized carbons (Fsp3) is 0.500. The first-order valence-corrected chi connectivity index (χ1v) is 8.22. The van der Waals surface area contributed by atoms with E-state index in [1.54, 1.807) is 6.92 Å². The highest BCUT2D eigenvalue weighted by atomic mass is 16.2. The van der Waals surface area contributed by atoms with Crippen LogP contribution < -0.4 is 21.7 Å². The van der Waals surface area contributed by atoms with Gasteiger partial charge in [0, 0.05) is 5.54 Å². The summed E-state index contributed by atoms with van der Waals surface area (Å²) in [6, 6.07) is 5.48. The summed E-state index contributed by atoms with van der Waals surface area (Å²) >= 11 is 0. The van der Waals surface area contributed by atoms with Gasteiger partial charge in [-0.05, 0) is 45.7 Å². The number of benzene rings is 1. The minimum Gasteiger partial charge on any atom is -0.352 e. The molecule has 0 spiro atoms. The van der Waals surface area contributed by atoms with Crippen LogP contribution in [0.2, 0.25) is 0 Å². The van der Waals surface area contributed by atoms with Crippen molar-refractivity contribution < 1.29 is 14.4 Å². The molecule has 1 aromatic rings. The molecule has 4 amide bonds. The Morgan fingerprint density at radius 2 is 1.72 bits per heavy atom. The van der Waals surface area contributed by atoms with Crippen LogP contribution in [-0.2, 0) is 9.59 Å². The second-order valence-corrected chi connectivity index (χ2v) is 7.15. The van der Waals surface area contributed by atoms with Crippen LogP contribution >= 0.6 is 0 Å². The normalized spacial score (nSPS) is 13.5. The van der Waals surface area contributed by atoms with E-state index >= 15 is 0 Å². The van der Waals surface area contributed by atoms with E-state index in [4.69, 9.17) is 5.73 Å². The molecule has 0 fully saturated rings. The molecule has 7 heteroatoms. The average molecular weight is 348 g/mol. The Hall–Kier alpha value is -2.57. The van der Waals surface area contributed by atoms with E-state index in [1.807, 2.05) is 52.0 Å². The van der Waals surface area contributed by atoms with Gasteiger partial charge in [0.2, 0.25) is 11.8 Å². The summed E-state index contributed by atoms with van der Waals surface area (Å²) in [6.45, 7) is 9.10. The maximum Gasteiger partial charge on any atom is 0.312 e. The average Bonchev–Trinajstić information content (AvgIpc) is 2.44. The number of nitrogens with one attached hydrogen (secondary N) is 3. The van der Waals surface area contributed by atoms with Gasteiger partial charge in [0.1, 0.15) is 6.04 Å². The maximum absolute atomic E-state index is 12.3. The van der Waals surface area contributed by atoms with E-state index in [0.717, 1.165) is 11.1 Å². The molecule has 0 saturated heterocycles. The van der Waals surface area contributed by atoms with Crippen LogP contribution in [0.3, 0.4) is 0 Å². The first kappa shape index (κ1) is 20.5. The van der Waals surface area contributed by atoms with Crippen LogP contribution in [0.4, 0.5) is 4.79 Å². The fourth-order valence-corrected chi connectivity index (χ4v) is 2.42. The summed E-state index contributed by atoms with van der Waals surface area (Å²) in [5, 5.41) is 8.05. The second kappa shape index (κ2) is 8.50. The highest BCUT2D eigenvalue weighted by Crippen LogP contribution is 2.20. The summed E-state index contributed by atoms with van der Waals surface area (Å²) in [6.07, 6.45) is -0.0130. The first-order valence-electron chi connectivity index (χ1n) is 8.22. The molecule has 0 heterocycles. The second-order valence-electron chi connectivity index (χ2n) is 7.15. The smallest absolute Gasteiger partial charge is 0.312 e. The number of hydrogen-bond acceptors (Lipinski definition) is 3. The Labute approximate surface area is 148 Å². The minimum atomic E-state index is -0.709. The zero-order chi connectivity index (χ0) is 19.2. The van der Waals surface area contributed by atoms with Gasteiger partial charge in [0.05, 0.1) is 12.5 Å². The van der Waals surface area contributed by atoms with Crippen molar-refractivity contribution in [2.24, 2.45) is 5.73 Å². The standard InChI is InChI=1S/C18H28N4O3/c1-11-8-6-7-9-13(11)14(21-17(19)25)10-15(23)20-12(2)16(24)22-18(3,4)5/h6-9,12,14H,10H2,1-5H3,(H,20,23)(H,22,24)(H3,19,21,25). The number of rotatable bonds is 6. The number of amides is 4. The molecule has 0 aromatic heterocycles. The Kier molecular flexibility index (Phi) is 6.97. The molecule has 7 nitrogen and oxygen atoms in total. The van der Waals surface area contributed by atoms with E-state index in [0.29, 0.717) is 0 Å². The molecule has 2 atom stereocenters. The van der Waals surface area contributed by atoms with Crippen molar-refractivity contribution in [2.45, 2.75) is 58.7 Å². The van der Waals surface area contributed by atoms with Gasteiger partial charge in [-0.2, -0.15) is 0 Å². The Morgan fingerprint density at radius 1 is 1.12 bits per heavy atom. The number of aryl methyl sites for hydroxylation is 1. The van der Waals surface area contributed by atoms with E-state index in [2.05, 4.69) is 16.0 Å². The lowest BCUT2D eigenvalue weighted by Crippen LogP contribution is -2.51. The number of nitrogens with two attached hydrogens (primary N) is 1. The molecule has 2 unspecified atom stereocenters. The van der Waals surface area contributed by atoms with Crippen molar-refractivity contribution in [1.82, 2.24) is 16.0 Å². The quantitative estimate of drug-likeness (QED) is 0.625. The zero-order valence-electron chi connectivity index (χ0n) is 15.5. The molecule has 1 aromatic carbocycles. The Bertz CT molecular complexity index is 637. The number of hydrogen-bond donors (Lipinski definition) is 4. The molecule has 5 N–H and O–H groups in total. The first-order chi connectivity index (χ1) is 11.5. The van der Waals surface area contributed by atoms with Crippen LogP contribution in [0.15, 0.2) is 24.3 Å². The predicted octanol–water partition coefficient (Wildman–Crippen LogP) is 1.51. The van der Waals surface area contributed by atoms with Gasteiger partial charge in [-0.3, -0.25) is 9.59 Å². The van der Waals surface area contributed by atoms with Gasteiger partial charge >= 0.3 is 6.03 Å². The van der Waals surface area contributed by atoms with Crippen LogP contribution in [0, 0.1) is 6.92 Å². The van der Waals surface area contributed by atoms with E-state index in [-0.39, 0.29) is 23.8 Å². The lowest BCUT2D eigenvalue weighted by atomic mass is 9.98. The third kappa shape index (κ3) is 7.24. The number of carbonyl (C=O) groups excluding carboxylic acids is 3. The lowest BCUT2D eigenvalue weighted by Gasteiger charge is -2.24. The summed E-state index contributed by atoms with van der Waals surface area (Å²) in [5.41, 5.74) is 6.59. The summed E-state index contributed by atoms with van der Waals surface area (Å²) in [7, 11) is 0. The predicted molar refractivity (Wildman–Crippen MR) is 96.8 cm³/mol. The summed E-state index contributed by atoms with van der Waals surface area (Å²) < 4.78 is 0. The van der Waals surface area contributed by atoms with E-state index in [1.165, 1.54) is 0 Å². The molecule has 0 bridgehead atoms. The Balaban J connectivity index is 2.77. The van der Waals surface area contributed by atoms with Gasteiger partial charge in [-0.15, -0.1) is 0 Å². The van der Waals surface area contributed by atoms with Crippen molar-refractivity contribution in [3.05, 3.63) is 35.4 Å². The molecule has 0 aliphatic heterocycles. The molecule has 0 radical (unpaired) electrons. The van der Waals surface area contributed by atoms with Crippen LogP contribution in [0.5, 0.6) is 0 Å². The molecule has 0 aliphatic carbocycles. The molecule has 25 heavy (non-hydrogen) atoms. The number of primary amides is 1. The molecule has 0 saturated carbocycles. The van der Waals surface area contributed by atoms with Gasteiger partial charge in [-0.25, -0.2) is 4.79 Å². The third-order valence-corrected chi connectivity index (χ3v) is 3.54. The maximum atomic E-state index is 12.3. The highest BCUT2D eigenvalue weighted by Gasteiger charge is 2.23. The Morgan fingerprint density at radius 3 is 2.24 bits per heavy atom. The van der Waals surface area contributed by atoms with Crippen molar-refractivity contribution in [3.8, 4) is 0 Å². The lowest BCUT2D eigenvalue weighted by molar-refractivity contribution is -0.129. The molecule has 0 aliphatic rings. The van der Waals surface area contributed by atoms with Crippen LogP contribution in [0.1, 0.15) is 51.3 Å². The van der Waals surface area contributed by atoms with Crippen LogP contribution in [-0.4, -0.2) is 29.4 Å². The fourth-order valence-electron chi connectivity index (χ4n) is 2.42. The minimum absolute atomic E-state index is 0.0130. The molecular formula is C18H28N4O3. The molecule has 138 valence electrons. The molecular weight excluding hydrogens is 320 g/mol. The number of urea groups is 1. The van der Waals surface area contributed by atoms with E-state index < -0.39 is 18.1 Å². The van der Waals surface area contributed by atoms with Crippen molar-refractivity contribution >= 4 is 17.8 Å². The summed E-state index contributed by atoms with van der Waals surface area (Å²) in [4.78, 5) is 35.7.